The highest BCUT2D eigenvalue weighted by molar-refractivity contribution is 7.89. The number of halogens is 1. The van der Waals surface area contributed by atoms with Gasteiger partial charge < -0.3 is 5.73 Å². The molecule has 1 aromatic carbocycles. The molecule has 18 heavy (non-hydrogen) atoms. The smallest absolute Gasteiger partial charge is 0.243 e. The largest absolute Gasteiger partial charge is 0.389 e. The molecule has 0 unspecified atom stereocenters. The fraction of sp³-hybridized carbons (Fsp3) is 0.364. The zero-order chi connectivity index (χ0) is 13.5. The number of hydrogen-bond donors (Lipinski definition) is 1. The van der Waals surface area contributed by atoms with Gasteiger partial charge in [-0.1, -0.05) is 12.2 Å². The molecule has 1 aliphatic rings. The molecule has 7 heteroatoms. The maximum Gasteiger partial charge on any atom is 0.243 e. The van der Waals surface area contributed by atoms with Crippen molar-refractivity contribution in [3.8, 4) is 0 Å². The van der Waals surface area contributed by atoms with Gasteiger partial charge in [0, 0.05) is 18.7 Å². The summed E-state index contributed by atoms with van der Waals surface area (Å²) < 4.78 is 39.2. The van der Waals surface area contributed by atoms with E-state index in [1.807, 2.05) is 0 Å². The minimum atomic E-state index is -3.60. The van der Waals surface area contributed by atoms with Gasteiger partial charge >= 0.3 is 0 Å². The van der Waals surface area contributed by atoms with Crippen LogP contribution in [0.2, 0.25) is 0 Å². The highest BCUT2D eigenvalue weighted by atomic mass is 32.2. The van der Waals surface area contributed by atoms with Crippen LogP contribution in [0.1, 0.15) is 18.4 Å². The van der Waals surface area contributed by atoms with Crippen molar-refractivity contribution in [3.05, 3.63) is 29.6 Å². The van der Waals surface area contributed by atoms with Gasteiger partial charge in [-0.3, -0.25) is 0 Å². The standard InChI is InChI=1S/C11H13FN2O2S2/c1-14(7-2-3-7)18(15,16)8-4-5-10(12)9(6-8)11(13)17/h4-7H,2-3H2,1H3,(H2,13,17). The van der Waals surface area contributed by atoms with E-state index in [2.05, 4.69) is 0 Å². The quantitative estimate of drug-likeness (QED) is 0.847. The van der Waals surface area contributed by atoms with Crippen LogP contribution < -0.4 is 5.73 Å². The SMILES string of the molecule is CN(C1CC1)S(=O)(=O)c1ccc(F)c(C(N)=S)c1. The summed E-state index contributed by atoms with van der Waals surface area (Å²) in [6, 6.07) is 3.53. The highest BCUT2D eigenvalue weighted by Crippen LogP contribution is 2.30. The van der Waals surface area contributed by atoms with Gasteiger partial charge in [0.15, 0.2) is 0 Å². The molecule has 2 rings (SSSR count). The van der Waals surface area contributed by atoms with Crippen molar-refractivity contribution < 1.29 is 12.8 Å². The number of hydrogen-bond acceptors (Lipinski definition) is 3. The summed E-state index contributed by atoms with van der Waals surface area (Å²) in [7, 11) is -2.07. The van der Waals surface area contributed by atoms with E-state index < -0.39 is 15.8 Å². The molecule has 0 bridgehead atoms. The maximum absolute atomic E-state index is 13.4. The van der Waals surface area contributed by atoms with Crippen molar-refractivity contribution in [1.29, 1.82) is 0 Å². The Morgan fingerprint density at radius 1 is 1.50 bits per heavy atom. The first-order chi connectivity index (χ1) is 8.34. The van der Waals surface area contributed by atoms with Crippen LogP contribution in [0.4, 0.5) is 4.39 Å². The lowest BCUT2D eigenvalue weighted by Gasteiger charge is -2.16. The van der Waals surface area contributed by atoms with Crippen LogP contribution >= 0.6 is 12.2 Å². The lowest BCUT2D eigenvalue weighted by atomic mass is 10.2. The Kier molecular flexibility index (Phi) is 3.39. The van der Waals surface area contributed by atoms with Gasteiger partial charge in [0.25, 0.3) is 0 Å². The van der Waals surface area contributed by atoms with Crippen LogP contribution in [0.25, 0.3) is 0 Å². The average Bonchev–Trinajstić information content (AvgIpc) is 3.11. The molecule has 0 aliphatic heterocycles. The Balaban J connectivity index is 2.44. The number of nitrogens with zero attached hydrogens (tertiary/aromatic N) is 1. The molecule has 1 saturated carbocycles. The third-order valence-corrected chi connectivity index (χ3v) is 5.07. The molecule has 4 nitrogen and oxygen atoms in total. The molecule has 0 saturated heterocycles. The minimum Gasteiger partial charge on any atom is -0.389 e. The van der Waals surface area contributed by atoms with Gasteiger partial charge in [-0.15, -0.1) is 0 Å². The highest BCUT2D eigenvalue weighted by Gasteiger charge is 2.35. The summed E-state index contributed by atoms with van der Waals surface area (Å²) in [5, 5.41) is 0. The molecule has 2 N–H and O–H groups in total. The first kappa shape index (κ1) is 13.4. The number of nitrogens with two attached hydrogens (primary N) is 1. The number of rotatable bonds is 4. The van der Waals surface area contributed by atoms with E-state index in [0.717, 1.165) is 18.9 Å². The number of sulfonamides is 1. The summed E-state index contributed by atoms with van der Waals surface area (Å²) >= 11 is 4.69. The monoisotopic (exact) mass is 288 g/mol. The second kappa shape index (κ2) is 4.56. The van der Waals surface area contributed by atoms with Crippen LogP contribution in [0.3, 0.4) is 0 Å². The number of thiocarbonyl (C=S) groups is 1. The fourth-order valence-electron chi connectivity index (χ4n) is 1.65. The summed E-state index contributed by atoms with van der Waals surface area (Å²) in [6.45, 7) is 0. The Hall–Kier alpha value is -1.05. The zero-order valence-corrected chi connectivity index (χ0v) is 11.4. The molecule has 1 fully saturated rings. The predicted octanol–water partition coefficient (Wildman–Crippen LogP) is 1.24. The minimum absolute atomic E-state index is 0.0149. The maximum atomic E-state index is 13.4. The third-order valence-electron chi connectivity index (χ3n) is 2.94. The Morgan fingerprint density at radius 3 is 2.61 bits per heavy atom. The van der Waals surface area contributed by atoms with Gasteiger partial charge in [-0.05, 0) is 31.0 Å². The Labute approximate surface area is 111 Å². The summed E-state index contributed by atoms with van der Waals surface area (Å²) in [6.07, 6.45) is 1.72. The van der Waals surface area contributed by atoms with Gasteiger partial charge in [0.2, 0.25) is 10.0 Å². The number of benzene rings is 1. The van der Waals surface area contributed by atoms with E-state index in [9.17, 15) is 12.8 Å². The van der Waals surface area contributed by atoms with Crippen molar-refractivity contribution >= 4 is 27.2 Å². The van der Waals surface area contributed by atoms with Gasteiger partial charge in [-0.25, -0.2) is 12.8 Å². The molecular formula is C11H13FN2O2S2. The van der Waals surface area contributed by atoms with Crippen molar-refractivity contribution in [1.82, 2.24) is 4.31 Å². The lowest BCUT2D eigenvalue weighted by Crippen LogP contribution is -2.29. The molecule has 0 spiro atoms. The molecule has 0 heterocycles. The summed E-state index contributed by atoms with van der Waals surface area (Å²) in [4.78, 5) is -0.139. The van der Waals surface area contributed by atoms with Crippen molar-refractivity contribution in [2.75, 3.05) is 7.05 Å². The fourth-order valence-corrected chi connectivity index (χ4v) is 3.25. The van der Waals surface area contributed by atoms with Crippen LogP contribution in [0, 0.1) is 5.82 Å². The zero-order valence-electron chi connectivity index (χ0n) is 9.76. The van der Waals surface area contributed by atoms with E-state index in [0.29, 0.717) is 0 Å². The first-order valence-electron chi connectivity index (χ1n) is 5.41. The topological polar surface area (TPSA) is 63.4 Å². The average molecular weight is 288 g/mol. The van der Waals surface area contributed by atoms with Gasteiger partial charge in [0.05, 0.1) is 4.90 Å². The van der Waals surface area contributed by atoms with Crippen LogP contribution in [-0.2, 0) is 10.0 Å². The Bertz CT molecular complexity index is 597. The summed E-state index contributed by atoms with van der Waals surface area (Å²) in [5.41, 5.74) is 5.31. The normalized spacial score (nSPS) is 15.9. The van der Waals surface area contributed by atoms with Gasteiger partial charge in [-0.2, -0.15) is 4.31 Å². The molecule has 0 aromatic heterocycles. The van der Waals surface area contributed by atoms with Crippen molar-refractivity contribution in [2.45, 2.75) is 23.8 Å². The molecule has 98 valence electrons. The van der Waals surface area contributed by atoms with Crippen LogP contribution in [-0.4, -0.2) is 30.8 Å². The van der Waals surface area contributed by atoms with Crippen molar-refractivity contribution in [2.24, 2.45) is 5.73 Å². The molecule has 1 aliphatic carbocycles. The predicted molar refractivity (Wildman–Crippen MR) is 70.3 cm³/mol. The first-order valence-corrected chi connectivity index (χ1v) is 7.26. The second-order valence-electron chi connectivity index (χ2n) is 4.26. The third kappa shape index (κ3) is 2.38. The van der Waals surface area contributed by atoms with E-state index in [-0.39, 0.29) is 21.5 Å². The van der Waals surface area contributed by atoms with Crippen LogP contribution in [0.15, 0.2) is 23.1 Å². The van der Waals surface area contributed by atoms with E-state index in [4.69, 9.17) is 18.0 Å². The molecule has 0 radical (unpaired) electrons. The second-order valence-corrected chi connectivity index (χ2v) is 6.70. The van der Waals surface area contributed by atoms with E-state index in [1.54, 1.807) is 0 Å². The van der Waals surface area contributed by atoms with E-state index in [1.165, 1.54) is 23.5 Å². The molecular weight excluding hydrogens is 275 g/mol. The summed E-state index contributed by atoms with van der Waals surface area (Å²) in [5.74, 6) is -0.615. The van der Waals surface area contributed by atoms with Crippen LogP contribution in [0.5, 0.6) is 0 Å². The molecule has 1 aromatic rings. The molecule has 0 atom stereocenters. The Morgan fingerprint density at radius 2 is 2.11 bits per heavy atom. The lowest BCUT2D eigenvalue weighted by molar-refractivity contribution is 0.464. The molecule has 0 amide bonds. The van der Waals surface area contributed by atoms with Crippen molar-refractivity contribution in [3.63, 3.8) is 0 Å². The van der Waals surface area contributed by atoms with Gasteiger partial charge in [0.1, 0.15) is 10.8 Å². The van der Waals surface area contributed by atoms with E-state index >= 15 is 0 Å².